The molecule has 0 N–H and O–H groups in total. The van der Waals surface area contributed by atoms with Crippen molar-refractivity contribution in [3.63, 3.8) is 0 Å². The van der Waals surface area contributed by atoms with Gasteiger partial charge in [-0.3, -0.25) is 4.90 Å². The van der Waals surface area contributed by atoms with Crippen molar-refractivity contribution in [2.75, 3.05) is 32.8 Å². The minimum Gasteiger partial charge on any atom is -0.379 e. The molecule has 14 heavy (non-hydrogen) atoms. The third-order valence-electron chi connectivity index (χ3n) is 2.41. The Morgan fingerprint density at radius 2 is 2.07 bits per heavy atom. The Morgan fingerprint density at radius 1 is 1.36 bits per heavy atom. The first kappa shape index (κ1) is 11.5. The van der Waals surface area contributed by atoms with Crippen molar-refractivity contribution in [3.05, 3.63) is 23.8 Å². The molecule has 2 heteroatoms. The Kier molecular flexibility index (Phi) is 5.57. The SMILES string of the molecule is CC=CCC=C(C)CN1CCOCC1. The summed E-state index contributed by atoms with van der Waals surface area (Å²) in [6.07, 6.45) is 7.64. The molecule has 1 saturated heterocycles. The molecule has 1 rings (SSSR count). The topological polar surface area (TPSA) is 12.5 Å². The molecule has 0 aromatic carbocycles. The summed E-state index contributed by atoms with van der Waals surface area (Å²) in [5, 5.41) is 0. The fourth-order valence-corrected chi connectivity index (χ4v) is 1.58. The van der Waals surface area contributed by atoms with E-state index in [1.165, 1.54) is 5.57 Å². The molecule has 0 saturated carbocycles. The molecule has 1 aliphatic rings. The van der Waals surface area contributed by atoms with Crippen LogP contribution in [0.15, 0.2) is 23.8 Å². The number of nitrogens with zero attached hydrogens (tertiary/aromatic N) is 1. The molecular weight excluding hydrogens is 174 g/mol. The highest BCUT2D eigenvalue weighted by atomic mass is 16.5. The first-order valence-corrected chi connectivity index (χ1v) is 5.40. The molecule has 1 aliphatic heterocycles. The standard InChI is InChI=1S/C12H21NO/c1-3-4-5-6-12(2)11-13-7-9-14-10-8-13/h3-4,6H,5,7-11H2,1-2H3. The quantitative estimate of drug-likeness (QED) is 0.638. The van der Waals surface area contributed by atoms with Gasteiger partial charge < -0.3 is 4.74 Å². The van der Waals surface area contributed by atoms with Gasteiger partial charge in [-0.05, 0) is 20.3 Å². The molecule has 0 aromatic rings. The first-order chi connectivity index (χ1) is 6.83. The third kappa shape index (κ3) is 4.58. The van der Waals surface area contributed by atoms with E-state index in [4.69, 9.17) is 4.74 Å². The lowest BCUT2D eigenvalue weighted by Crippen LogP contribution is -2.37. The summed E-state index contributed by atoms with van der Waals surface area (Å²) in [6.45, 7) is 9.30. The Balaban J connectivity index is 2.23. The third-order valence-corrected chi connectivity index (χ3v) is 2.41. The molecule has 1 fully saturated rings. The predicted octanol–water partition coefficient (Wildman–Crippen LogP) is 2.23. The zero-order chi connectivity index (χ0) is 10.2. The second-order valence-electron chi connectivity index (χ2n) is 3.74. The smallest absolute Gasteiger partial charge is 0.0594 e. The van der Waals surface area contributed by atoms with Gasteiger partial charge in [-0.1, -0.05) is 23.8 Å². The largest absolute Gasteiger partial charge is 0.379 e. The number of rotatable bonds is 4. The van der Waals surface area contributed by atoms with Gasteiger partial charge in [0.25, 0.3) is 0 Å². The molecule has 1 heterocycles. The lowest BCUT2D eigenvalue weighted by Gasteiger charge is -2.26. The number of morpholine rings is 1. The fraction of sp³-hybridized carbons (Fsp3) is 0.667. The molecule has 2 nitrogen and oxygen atoms in total. The molecule has 0 amide bonds. The van der Waals surface area contributed by atoms with Gasteiger partial charge in [0.05, 0.1) is 13.2 Å². The highest BCUT2D eigenvalue weighted by Crippen LogP contribution is 2.03. The molecule has 0 aromatic heterocycles. The van der Waals surface area contributed by atoms with Crippen LogP contribution in [-0.2, 0) is 4.74 Å². The highest BCUT2D eigenvalue weighted by molar-refractivity contribution is 5.04. The van der Waals surface area contributed by atoms with Crippen LogP contribution in [0.25, 0.3) is 0 Å². The zero-order valence-corrected chi connectivity index (χ0v) is 9.33. The number of ether oxygens (including phenoxy) is 1. The van der Waals surface area contributed by atoms with E-state index >= 15 is 0 Å². The van der Waals surface area contributed by atoms with Gasteiger partial charge >= 0.3 is 0 Å². The van der Waals surface area contributed by atoms with Crippen LogP contribution in [0.5, 0.6) is 0 Å². The maximum Gasteiger partial charge on any atom is 0.0594 e. The summed E-state index contributed by atoms with van der Waals surface area (Å²) < 4.78 is 5.31. The molecule has 0 aliphatic carbocycles. The van der Waals surface area contributed by atoms with Crippen LogP contribution in [0.4, 0.5) is 0 Å². The lowest BCUT2D eigenvalue weighted by molar-refractivity contribution is 0.0423. The van der Waals surface area contributed by atoms with Crippen molar-refractivity contribution in [1.29, 1.82) is 0 Å². The average molecular weight is 195 g/mol. The number of hydrogen-bond donors (Lipinski definition) is 0. The summed E-state index contributed by atoms with van der Waals surface area (Å²) in [5.74, 6) is 0. The van der Waals surface area contributed by atoms with E-state index in [1.54, 1.807) is 0 Å². The van der Waals surface area contributed by atoms with Crippen LogP contribution >= 0.6 is 0 Å². The van der Waals surface area contributed by atoms with Crippen molar-refractivity contribution in [1.82, 2.24) is 4.90 Å². The average Bonchev–Trinajstić information content (AvgIpc) is 2.20. The van der Waals surface area contributed by atoms with Crippen LogP contribution in [0.3, 0.4) is 0 Å². The summed E-state index contributed by atoms with van der Waals surface area (Å²) in [4.78, 5) is 2.45. The minimum absolute atomic E-state index is 0.891. The monoisotopic (exact) mass is 195 g/mol. The van der Waals surface area contributed by atoms with Gasteiger partial charge in [-0.25, -0.2) is 0 Å². The van der Waals surface area contributed by atoms with Crippen molar-refractivity contribution >= 4 is 0 Å². The minimum atomic E-state index is 0.891. The summed E-state index contributed by atoms with van der Waals surface area (Å²) >= 11 is 0. The Morgan fingerprint density at radius 3 is 2.71 bits per heavy atom. The van der Waals surface area contributed by atoms with Gasteiger partial charge in [0.15, 0.2) is 0 Å². The predicted molar refractivity (Wildman–Crippen MR) is 60.4 cm³/mol. The normalized spacial score (nSPS) is 20.6. The maximum absolute atomic E-state index is 5.31. The van der Waals surface area contributed by atoms with Crippen LogP contribution in [-0.4, -0.2) is 37.7 Å². The second kappa shape index (κ2) is 6.80. The Hall–Kier alpha value is -0.600. The molecule has 80 valence electrons. The molecule has 0 bridgehead atoms. The number of allylic oxidation sites excluding steroid dienone is 3. The van der Waals surface area contributed by atoms with Gasteiger partial charge in [0.2, 0.25) is 0 Å². The molecule has 0 atom stereocenters. The van der Waals surface area contributed by atoms with Gasteiger partial charge in [0.1, 0.15) is 0 Å². The van der Waals surface area contributed by atoms with Crippen LogP contribution in [0.1, 0.15) is 20.3 Å². The summed E-state index contributed by atoms with van der Waals surface area (Å²) in [7, 11) is 0. The zero-order valence-electron chi connectivity index (χ0n) is 9.33. The van der Waals surface area contributed by atoms with E-state index in [1.807, 2.05) is 0 Å². The van der Waals surface area contributed by atoms with Crippen LogP contribution in [0.2, 0.25) is 0 Å². The molecule has 0 spiro atoms. The first-order valence-electron chi connectivity index (χ1n) is 5.40. The fourth-order valence-electron chi connectivity index (χ4n) is 1.58. The van der Waals surface area contributed by atoms with E-state index in [9.17, 15) is 0 Å². The van der Waals surface area contributed by atoms with Crippen molar-refractivity contribution in [2.45, 2.75) is 20.3 Å². The Bertz CT molecular complexity index is 202. The van der Waals surface area contributed by atoms with Crippen molar-refractivity contribution in [2.24, 2.45) is 0 Å². The van der Waals surface area contributed by atoms with Crippen LogP contribution < -0.4 is 0 Å². The highest BCUT2D eigenvalue weighted by Gasteiger charge is 2.09. The lowest BCUT2D eigenvalue weighted by atomic mass is 10.2. The van der Waals surface area contributed by atoms with Crippen LogP contribution in [0, 0.1) is 0 Å². The van der Waals surface area contributed by atoms with Crippen molar-refractivity contribution < 1.29 is 4.74 Å². The van der Waals surface area contributed by atoms with E-state index < -0.39 is 0 Å². The van der Waals surface area contributed by atoms with E-state index in [0.717, 1.165) is 39.3 Å². The van der Waals surface area contributed by atoms with Gasteiger partial charge in [0, 0.05) is 19.6 Å². The van der Waals surface area contributed by atoms with E-state index in [-0.39, 0.29) is 0 Å². The molecule has 0 unspecified atom stereocenters. The Labute approximate surface area is 87.2 Å². The maximum atomic E-state index is 5.31. The van der Waals surface area contributed by atoms with E-state index in [0.29, 0.717) is 0 Å². The molecule has 0 radical (unpaired) electrons. The molecular formula is C12H21NO. The number of hydrogen-bond acceptors (Lipinski definition) is 2. The van der Waals surface area contributed by atoms with E-state index in [2.05, 4.69) is 37.0 Å². The van der Waals surface area contributed by atoms with Crippen molar-refractivity contribution in [3.8, 4) is 0 Å². The summed E-state index contributed by atoms with van der Waals surface area (Å²) in [5.41, 5.74) is 1.46. The van der Waals surface area contributed by atoms with Gasteiger partial charge in [-0.2, -0.15) is 0 Å². The van der Waals surface area contributed by atoms with Gasteiger partial charge in [-0.15, -0.1) is 0 Å². The second-order valence-corrected chi connectivity index (χ2v) is 3.74. The summed E-state index contributed by atoms with van der Waals surface area (Å²) in [6, 6.07) is 0.